The monoisotopic (exact) mass is 448 g/mol. The van der Waals surface area contributed by atoms with Crippen LogP contribution in [0.25, 0.3) is 0 Å². The first kappa shape index (κ1) is 23.6. The first-order valence-electron chi connectivity index (χ1n) is 12.4. The molecule has 4 aromatic rings. The van der Waals surface area contributed by atoms with Crippen molar-refractivity contribution in [2.45, 2.75) is 51.4 Å². The molecule has 0 bridgehead atoms. The minimum atomic E-state index is 0.0359. The lowest BCUT2D eigenvalue weighted by atomic mass is 9.69. The third kappa shape index (κ3) is 5.34. The van der Waals surface area contributed by atoms with E-state index in [0.717, 1.165) is 43.5 Å². The molecule has 0 aromatic heterocycles. The van der Waals surface area contributed by atoms with Crippen molar-refractivity contribution >= 4 is 11.4 Å². The third-order valence-corrected chi connectivity index (χ3v) is 7.07. The lowest BCUT2D eigenvalue weighted by molar-refractivity contribution is 0.450. The van der Waals surface area contributed by atoms with Crippen molar-refractivity contribution in [1.82, 2.24) is 0 Å². The van der Waals surface area contributed by atoms with Crippen LogP contribution in [-0.2, 0) is 18.3 Å². The van der Waals surface area contributed by atoms with Crippen molar-refractivity contribution in [3.8, 4) is 0 Å². The highest BCUT2D eigenvalue weighted by Crippen LogP contribution is 2.40. The normalized spacial score (nSPS) is 11.5. The molecule has 0 saturated heterocycles. The van der Waals surface area contributed by atoms with E-state index in [1.165, 1.54) is 33.4 Å². The van der Waals surface area contributed by atoms with Gasteiger partial charge in [0.15, 0.2) is 0 Å². The highest BCUT2D eigenvalue weighted by Gasteiger charge is 2.31. The van der Waals surface area contributed by atoms with Crippen LogP contribution in [0.2, 0.25) is 0 Å². The number of rotatable bonds is 9. The SMILES string of the molecule is CCCC(CC)(c1ccc(Cc2ccc(N)cc2)cc1)c1ccc(Cc2ccc(N)cc2)cc1. The Morgan fingerprint density at radius 2 is 0.824 bits per heavy atom. The first-order valence-corrected chi connectivity index (χ1v) is 12.4. The Morgan fingerprint density at radius 3 is 1.12 bits per heavy atom. The average Bonchev–Trinajstić information content (AvgIpc) is 2.86. The van der Waals surface area contributed by atoms with Gasteiger partial charge in [0, 0.05) is 16.8 Å². The van der Waals surface area contributed by atoms with Crippen molar-refractivity contribution in [3.05, 3.63) is 130 Å². The minimum Gasteiger partial charge on any atom is -0.399 e. The fraction of sp³-hybridized carbons (Fsp3) is 0.250. The molecular formula is C32H36N2. The molecule has 2 heteroatoms. The molecule has 4 N–H and O–H groups in total. The first-order chi connectivity index (χ1) is 16.5. The molecule has 174 valence electrons. The highest BCUT2D eigenvalue weighted by atomic mass is 14.5. The second-order valence-electron chi connectivity index (χ2n) is 9.42. The van der Waals surface area contributed by atoms with E-state index in [1.807, 2.05) is 24.3 Å². The summed E-state index contributed by atoms with van der Waals surface area (Å²) in [6.45, 7) is 4.61. The summed E-state index contributed by atoms with van der Waals surface area (Å²) in [6, 6.07) is 34.9. The highest BCUT2D eigenvalue weighted by molar-refractivity contribution is 5.45. The van der Waals surface area contributed by atoms with E-state index >= 15 is 0 Å². The maximum atomic E-state index is 5.84. The molecule has 0 saturated carbocycles. The Balaban J connectivity index is 1.57. The van der Waals surface area contributed by atoms with Gasteiger partial charge in [0.2, 0.25) is 0 Å². The quantitative estimate of drug-likeness (QED) is 0.260. The van der Waals surface area contributed by atoms with Crippen LogP contribution in [0, 0.1) is 0 Å². The second kappa shape index (κ2) is 10.6. The minimum absolute atomic E-state index is 0.0359. The van der Waals surface area contributed by atoms with Crippen LogP contribution in [0.15, 0.2) is 97.1 Å². The zero-order chi connectivity index (χ0) is 24.0. The van der Waals surface area contributed by atoms with E-state index in [9.17, 15) is 0 Å². The van der Waals surface area contributed by atoms with Crippen molar-refractivity contribution in [2.75, 3.05) is 11.5 Å². The van der Waals surface area contributed by atoms with E-state index in [-0.39, 0.29) is 5.41 Å². The van der Waals surface area contributed by atoms with Gasteiger partial charge in [0.25, 0.3) is 0 Å². The Labute approximate surface area is 204 Å². The standard InChI is InChI=1S/C32H36N2/c1-3-21-32(4-2,28-13-5-24(6-14-28)22-26-9-17-30(33)18-10-26)29-15-7-25(8-16-29)23-27-11-19-31(34)20-12-27/h5-20H,3-4,21-23,33-34H2,1-2H3. The predicted molar refractivity (Wildman–Crippen MR) is 146 cm³/mol. The van der Waals surface area contributed by atoms with E-state index in [2.05, 4.69) is 86.6 Å². The van der Waals surface area contributed by atoms with E-state index in [4.69, 9.17) is 11.5 Å². The molecule has 4 rings (SSSR count). The fourth-order valence-corrected chi connectivity index (χ4v) is 5.09. The molecule has 0 spiro atoms. The summed E-state index contributed by atoms with van der Waals surface area (Å²) in [5.41, 5.74) is 21.4. The van der Waals surface area contributed by atoms with E-state index in [0.29, 0.717) is 0 Å². The Hall–Kier alpha value is -3.52. The van der Waals surface area contributed by atoms with Crippen LogP contribution < -0.4 is 11.5 Å². The molecule has 0 aliphatic carbocycles. The number of benzene rings is 4. The van der Waals surface area contributed by atoms with Gasteiger partial charge in [0.05, 0.1) is 0 Å². The smallest absolute Gasteiger partial charge is 0.0314 e. The van der Waals surface area contributed by atoms with Gasteiger partial charge < -0.3 is 11.5 Å². The van der Waals surface area contributed by atoms with Gasteiger partial charge in [-0.1, -0.05) is 93.1 Å². The van der Waals surface area contributed by atoms with E-state index in [1.54, 1.807) is 0 Å². The molecule has 0 heterocycles. The topological polar surface area (TPSA) is 52.0 Å². The molecule has 2 nitrogen and oxygen atoms in total. The zero-order valence-corrected chi connectivity index (χ0v) is 20.4. The Kier molecular flexibility index (Phi) is 7.37. The number of nitrogens with two attached hydrogens (primary N) is 2. The van der Waals surface area contributed by atoms with Crippen LogP contribution in [0.1, 0.15) is 66.5 Å². The van der Waals surface area contributed by atoms with Gasteiger partial charge in [-0.15, -0.1) is 0 Å². The van der Waals surface area contributed by atoms with Crippen LogP contribution >= 0.6 is 0 Å². The maximum Gasteiger partial charge on any atom is 0.0314 e. The molecule has 0 amide bonds. The Morgan fingerprint density at radius 1 is 0.500 bits per heavy atom. The van der Waals surface area contributed by atoms with Crippen molar-refractivity contribution in [3.63, 3.8) is 0 Å². The summed E-state index contributed by atoms with van der Waals surface area (Å²) >= 11 is 0. The molecule has 0 atom stereocenters. The van der Waals surface area contributed by atoms with Crippen LogP contribution in [0.4, 0.5) is 11.4 Å². The maximum absolute atomic E-state index is 5.84. The zero-order valence-electron chi connectivity index (χ0n) is 20.4. The summed E-state index contributed by atoms with van der Waals surface area (Å²) in [5, 5.41) is 0. The lowest BCUT2D eigenvalue weighted by Gasteiger charge is -2.34. The van der Waals surface area contributed by atoms with Gasteiger partial charge in [-0.2, -0.15) is 0 Å². The number of nitrogen functional groups attached to an aromatic ring is 2. The molecule has 0 aliphatic heterocycles. The van der Waals surface area contributed by atoms with Crippen LogP contribution in [-0.4, -0.2) is 0 Å². The van der Waals surface area contributed by atoms with Gasteiger partial charge in [-0.05, 0) is 83.3 Å². The van der Waals surface area contributed by atoms with Gasteiger partial charge >= 0.3 is 0 Å². The van der Waals surface area contributed by atoms with Gasteiger partial charge in [0.1, 0.15) is 0 Å². The largest absolute Gasteiger partial charge is 0.399 e. The summed E-state index contributed by atoms with van der Waals surface area (Å²) in [5.74, 6) is 0. The fourth-order valence-electron chi connectivity index (χ4n) is 5.09. The molecule has 34 heavy (non-hydrogen) atoms. The molecule has 0 fully saturated rings. The van der Waals surface area contributed by atoms with Crippen molar-refractivity contribution in [2.24, 2.45) is 0 Å². The number of anilines is 2. The van der Waals surface area contributed by atoms with Crippen LogP contribution in [0.3, 0.4) is 0 Å². The number of hydrogen-bond acceptors (Lipinski definition) is 2. The van der Waals surface area contributed by atoms with Gasteiger partial charge in [-0.25, -0.2) is 0 Å². The van der Waals surface area contributed by atoms with Crippen molar-refractivity contribution < 1.29 is 0 Å². The molecule has 4 aromatic carbocycles. The Bertz CT molecular complexity index is 1080. The van der Waals surface area contributed by atoms with Crippen LogP contribution in [0.5, 0.6) is 0 Å². The molecule has 0 radical (unpaired) electrons. The predicted octanol–water partition coefficient (Wildman–Crippen LogP) is 7.53. The summed E-state index contributed by atoms with van der Waals surface area (Å²) in [6.07, 6.45) is 5.21. The average molecular weight is 449 g/mol. The lowest BCUT2D eigenvalue weighted by Crippen LogP contribution is -2.27. The van der Waals surface area contributed by atoms with E-state index < -0.39 is 0 Å². The molecule has 0 unspecified atom stereocenters. The number of hydrogen-bond donors (Lipinski definition) is 2. The summed E-state index contributed by atoms with van der Waals surface area (Å²) < 4.78 is 0. The second-order valence-corrected chi connectivity index (χ2v) is 9.42. The summed E-state index contributed by atoms with van der Waals surface area (Å²) in [4.78, 5) is 0. The summed E-state index contributed by atoms with van der Waals surface area (Å²) in [7, 11) is 0. The van der Waals surface area contributed by atoms with Crippen molar-refractivity contribution in [1.29, 1.82) is 0 Å². The third-order valence-electron chi connectivity index (χ3n) is 7.07. The molecular weight excluding hydrogens is 412 g/mol. The molecule has 0 aliphatic rings. The van der Waals surface area contributed by atoms with Gasteiger partial charge in [-0.3, -0.25) is 0 Å².